The topological polar surface area (TPSA) is 68.9 Å². The van der Waals surface area contributed by atoms with Crippen molar-refractivity contribution in [3.05, 3.63) is 47.8 Å². The number of hydrogen-bond donors (Lipinski definition) is 2. The number of aryl methyl sites for hydroxylation is 1. The zero-order chi connectivity index (χ0) is 20.6. The molecule has 0 unspecified atom stereocenters. The smallest absolute Gasteiger partial charge is 0.194 e. The maximum Gasteiger partial charge on any atom is 0.194 e. The molecule has 0 aliphatic carbocycles. The van der Waals surface area contributed by atoms with E-state index in [-0.39, 0.29) is 0 Å². The Balaban J connectivity index is 1.58. The van der Waals surface area contributed by atoms with Gasteiger partial charge in [0.05, 0.1) is 12.7 Å². The monoisotopic (exact) mass is 398 g/mol. The third kappa shape index (κ3) is 5.97. The number of hydrogen-bond acceptors (Lipinski definition) is 4. The van der Waals surface area contributed by atoms with Crippen molar-refractivity contribution in [2.75, 3.05) is 38.2 Å². The van der Waals surface area contributed by atoms with Crippen LogP contribution in [-0.4, -0.2) is 59.0 Å². The van der Waals surface area contributed by atoms with Gasteiger partial charge in [0.2, 0.25) is 0 Å². The summed E-state index contributed by atoms with van der Waals surface area (Å²) in [6, 6.07) is 8.72. The molecule has 1 aromatic carbocycles. The molecule has 2 heterocycles. The van der Waals surface area contributed by atoms with Crippen LogP contribution in [0.4, 0.5) is 5.69 Å². The Hall–Kier alpha value is -2.54. The molecule has 0 spiro atoms. The fourth-order valence-electron chi connectivity index (χ4n) is 3.72. The standard InChI is InChI=1S/C22H34N6O/c1-4-23-22(26(2)15-20-14-25-27(3)16-20)24-13-18-5-7-21(8-6-18)28-11-9-19(17-29)10-12-28/h5-8,14,16,19,29H,4,9-13,15,17H2,1-3H3,(H,23,24). The minimum atomic E-state index is 0.314. The molecular weight excluding hydrogens is 364 g/mol. The van der Waals surface area contributed by atoms with Crippen molar-refractivity contribution >= 4 is 11.6 Å². The lowest BCUT2D eigenvalue weighted by Gasteiger charge is -2.32. The summed E-state index contributed by atoms with van der Waals surface area (Å²) >= 11 is 0. The summed E-state index contributed by atoms with van der Waals surface area (Å²) in [6.45, 7) is 6.68. The lowest BCUT2D eigenvalue weighted by molar-refractivity contribution is 0.203. The molecule has 0 radical (unpaired) electrons. The van der Waals surface area contributed by atoms with Gasteiger partial charge in [-0.3, -0.25) is 4.68 Å². The Kier molecular flexibility index (Phi) is 7.52. The van der Waals surface area contributed by atoms with E-state index < -0.39 is 0 Å². The van der Waals surface area contributed by atoms with Crippen molar-refractivity contribution in [2.45, 2.75) is 32.9 Å². The normalized spacial score (nSPS) is 15.6. The summed E-state index contributed by atoms with van der Waals surface area (Å²) in [7, 11) is 3.98. The Bertz CT molecular complexity index is 777. The summed E-state index contributed by atoms with van der Waals surface area (Å²) < 4.78 is 1.82. The van der Waals surface area contributed by atoms with Crippen LogP contribution < -0.4 is 10.2 Å². The zero-order valence-corrected chi connectivity index (χ0v) is 17.9. The van der Waals surface area contributed by atoms with Crippen LogP contribution in [0.5, 0.6) is 0 Å². The Labute approximate surface area is 174 Å². The fourth-order valence-corrected chi connectivity index (χ4v) is 3.72. The van der Waals surface area contributed by atoms with E-state index in [0.717, 1.165) is 50.5 Å². The molecule has 1 fully saturated rings. The third-order valence-electron chi connectivity index (χ3n) is 5.46. The first-order chi connectivity index (χ1) is 14.1. The van der Waals surface area contributed by atoms with E-state index in [9.17, 15) is 5.11 Å². The van der Waals surface area contributed by atoms with E-state index in [1.54, 1.807) is 0 Å². The second-order valence-electron chi connectivity index (χ2n) is 7.83. The average Bonchev–Trinajstić information content (AvgIpc) is 3.16. The Morgan fingerprint density at radius 2 is 1.97 bits per heavy atom. The van der Waals surface area contributed by atoms with Crippen LogP contribution in [-0.2, 0) is 20.1 Å². The number of aliphatic hydroxyl groups excluding tert-OH is 1. The van der Waals surface area contributed by atoms with E-state index in [2.05, 4.69) is 51.4 Å². The van der Waals surface area contributed by atoms with E-state index in [0.29, 0.717) is 19.1 Å². The van der Waals surface area contributed by atoms with Gasteiger partial charge >= 0.3 is 0 Å². The molecule has 1 aromatic heterocycles. The van der Waals surface area contributed by atoms with E-state index >= 15 is 0 Å². The summed E-state index contributed by atoms with van der Waals surface area (Å²) in [5.74, 6) is 1.36. The average molecular weight is 399 g/mol. The molecule has 1 aliphatic heterocycles. The van der Waals surface area contributed by atoms with Gasteiger partial charge in [-0.05, 0) is 43.4 Å². The first-order valence-electron chi connectivity index (χ1n) is 10.5. The van der Waals surface area contributed by atoms with E-state index in [1.807, 2.05) is 31.2 Å². The largest absolute Gasteiger partial charge is 0.396 e. The first-order valence-corrected chi connectivity index (χ1v) is 10.5. The van der Waals surface area contributed by atoms with Gasteiger partial charge in [0, 0.05) is 64.3 Å². The molecule has 0 atom stereocenters. The van der Waals surface area contributed by atoms with Crippen molar-refractivity contribution < 1.29 is 5.11 Å². The Morgan fingerprint density at radius 3 is 2.55 bits per heavy atom. The van der Waals surface area contributed by atoms with Gasteiger partial charge in [-0.15, -0.1) is 0 Å². The number of anilines is 1. The predicted molar refractivity (Wildman–Crippen MR) is 118 cm³/mol. The Morgan fingerprint density at radius 1 is 1.24 bits per heavy atom. The number of nitrogens with one attached hydrogen (secondary N) is 1. The molecule has 2 aromatic rings. The number of aliphatic imine (C=N–C) groups is 1. The zero-order valence-electron chi connectivity index (χ0n) is 17.9. The molecule has 7 nitrogen and oxygen atoms in total. The molecule has 1 aliphatic rings. The van der Waals surface area contributed by atoms with Gasteiger partial charge in [-0.2, -0.15) is 5.10 Å². The van der Waals surface area contributed by atoms with Crippen LogP contribution in [0, 0.1) is 5.92 Å². The predicted octanol–water partition coefficient (Wildman–Crippen LogP) is 2.23. The van der Waals surface area contributed by atoms with Crippen LogP contribution in [0.15, 0.2) is 41.7 Å². The summed E-state index contributed by atoms with van der Waals surface area (Å²) in [4.78, 5) is 9.35. The molecule has 7 heteroatoms. The molecule has 0 saturated carbocycles. The van der Waals surface area contributed by atoms with Crippen LogP contribution >= 0.6 is 0 Å². The maximum absolute atomic E-state index is 9.31. The molecule has 0 bridgehead atoms. The van der Waals surface area contributed by atoms with Gasteiger partial charge in [0.15, 0.2) is 5.96 Å². The van der Waals surface area contributed by atoms with Crippen molar-refractivity contribution in [3.63, 3.8) is 0 Å². The minimum absolute atomic E-state index is 0.314. The number of aliphatic hydroxyl groups is 1. The number of nitrogens with zero attached hydrogens (tertiary/aromatic N) is 5. The molecule has 2 N–H and O–H groups in total. The third-order valence-corrected chi connectivity index (χ3v) is 5.46. The van der Waals surface area contributed by atoms with E-state index in [4.69, 9.17) is 4.99 Å². The lowest BCUT2D eigenvalue weighted by atomic mass is 9.97. The number of rotatable bonds is 7. The minimum Gasteiger partial charge on any atom is -0.396 e. The van der Waals surface area contributed by atoms with Crippen LogP contribution in [0.1, 0.15) is 30.9 Å². The lowest BCUT2D eigenvalue weighted by Crippen LogP contribution is -2.38. The van der Waals surface area contributed by atoms with Gasteiger partial charge < -0.3 is 20.2 Å². The number of guanidine groups is 1. The van der Waals surface area contributed by atoms with Crippen molar-refractivity contribution in [1.29, 1.82) is 0 Å². The van der Waals surface area contributed by atoms with Gasteiger partial charge in [-0.25, -0.2) is 4.99 Å². The first kappa shape index (κ1) is 21.2. The van der Waals surface area contributed by atoms with Crippen LogP contribution in [0.25, 0.3) is 0 Å². The summed E-state index contributed by atoms with van der Waals surface area (Å²) in [5, 5.41) is 16.9. The molecule has 3 rings (SSSR count). The highest BCUT2D eigenvalue weighted by atomic mass is 16.3. The molecule has 1 saturated heterocycles. The molecular formula is C22H34N6O. The number of piperidine rings is 1. The molecule has 29 heavy (non-hydrogen) atoms. The quantitative estimate of drug-likeness (QED) is 0.553. The molecule has 158 valence electrons. The van der Waals surface area contributed by atoms with Crippen molar-refractivity contribution in [1.82, 2.24) is 20.0 Å². The summed E-state index contributed by atoms with van der Waals surface area (Å²) in [6.07, 6.45) is 6.06. The summed E-state index contributed by atoms with van der Waals surface area (Å²) in [5.41, 5.74) is 3.62. The van der Waals surface area contributed by atoms with Crippen molar-refractivity contribution in [2.24, 2.45) is 18.0 Å². The second-order valence-corrected chi connectivity index (χ2v) is 7.83. The van der Waals surface area contributed by atoms with Gasteiger partial charge in [0.25, 0.3) is 0 Å². The van der Waals surface area contributed by atoms with Crippen LogP contribution in [0.3, 0.4) is 0 Å². The maximum atomic E-state index is 9.31. The van der Waals surface area contributed by atoms with Gasteiger partial charge in [0.1, 0.15) is 0 Å². The van der Waals surface area contributed by atoms with E-state index in [1.165, 1.54) is 11.3 Å². The second kappa shape index (κ2) is 10.3. The highest BCUT2D eigenvalue weighted by Crippen LogP contribution is 2.23. The molecule has 0 amide bonds. The van der Waals surface area contributed by atoms with Gasteiger partial charge in [-0.1, -0.05) is 12.1 Å². The fraction of sp³-hybridized carbons (Fsp3) is 0.545. The highest BCUT2D eigenvalue weighted by Gasteiger charge is 2.18. The SMILES string of the molecule is CCNC(=NCc1ccc(N2CCC(CO)CC2)cc1)N(C)Cc1cnn(C)c1. The highest BCUT2D eigenvalue weighted by molar-refractivity contribution is 5.79. The number of benzene rings is 1. The van der Waals surface area contributed by atoms with Crippen molar-refractivity contribution in [3.8, 4) is 0 Å². The van der Waals surface area contributed by atoms with Crippen LogP contribution in [0.2, 0.25) is 0 Å². The number of aromatic nitrogens is 2.